The van der Waals surface area contributed by atoms with Gasteiger partial charge >= 0.3 is 0 Å². The van der Waals surface area contributed by atoms with Crippen molar-refractivity contribution < 1.29 is 0 Å². The van der Waals surface area contributed by atoms with Crippen LogP contribution in [0, 0.1) is 0 Å². The highest BCUT2D eigenvalue weighted by Crippen LogP contribution is 2.17. The fourth-order valence-corrected chi connectivity index (χ4v) is 2.14. The number of imidazole rings is 1. The van der Waals surface area contributed by atoms with E-state index in [1.165, 1.54) is 6.20 Å². The molecule has 3 aromatic heterocycles. The first-order valence-corrected chi connectivity index (χ1v) is 7.40. The third kappa shape index (κ3) is 3.57. The molecule has 0 saturated heterocycles. The van der Waals surface area contributed by atoms with E-state index in [9.17, 15) is 0 Å². The van der Waals surface area contributed by atoms with E-state index in [0.29, 0.717) is 25.3 Å². The molecule has 20 heavy (non-hydrogen) atoms. The summed E-state index contributed by atoms with van der Waals surface area (Å²) in [4.78, 5) is 15.5. The Hall–Kier alpha value is -0.960. The first kappa shape index (κ1) is 15.4. The predicted molar refractivity (Wildman–Crippen MR) is 84.9 cm³/mol. The molecular weight excluding hydrogens is 435 g/mol. The zero-order chi connectivity index (χ0) is 14.7. The molecule has 104 valence electrons. The van der Waals surface area contributed by atoms with Gasteiger partial charge in [-0.2, -0.15) is 0 Å². The van der Waals surface area contributed by atoms with Crippen LogP contribution in [0.1, 0.15) is 0 Å². The zero-order valence-corrected chi connectivity index (χ0v) is 14.3. The molecular formula is C10H6Br2Cl2N6. The van der Waals surface area contributed by atoms with Crippen molar-refractivity contribution in [2.24, 2.45) is 0 Å². The number of nitrogens with zero attached hydrogens (tertiary/aromatic N) is 5. The smallest absolute Gasteiger partial charge is 0.171 e. The summed E-state index contributed by atoms with van der Waals surface area (Å²) < 4.78 is 2.97. The number of hydrogen-bond donors (Lipinski definition) is 1. The quantitative estimate of drug-likeness (QED) is 0.577. The number of anilines is 1. The lowest BCUT2D eigenvalue weighted by atomic mass is 10.7. The van der Waals surface area contributed by atoms with Gasteiger partial charge in [0.1, 0.15) is 19.5 Å². The first-order valence-electron chi connectivity index (χ1n) is 5.05. The van der Waals surface area contributed by atoms with Gasteiger partial charge in [-0.05, 0) is 31.9 Å². The third-order valence-electron chi connectivity index (χ3n) is 2.06. The van der Waals surface area contributed by atoms with Crippen LogP contribution < -0.4 is 5.73 Å². The van der Waals surface area contributed by atoms with E-state index in [4.69, 9.17) is 28.9 Å². The summed E-state index contributed by atoms with van der Waals surface area (Å²) in [6.45, 7) is 0. The lowest BCUT2D eigenvalue weighted by Crippen LogP contribution is -1.92. The summed E-state index contributed by atoms with van der Waals surface area (Å²) in [7, 11) is 0. The van der Waals surface area contributed by atoms with E-state index in [0.717, 1.165) is 5.65 Å². The summed E-state index contributed by atoms with van der Waals surface area (Å²) in [5.74, 6) is 0.308. The van der Waals surface area contributed by atoms with Crippen molar-refractivity contribution >= 4 is 66.5 Å². The molecule has 2 N–H and O–H groups in total. The molecule has 0 fully saturated rings. The van der Waals surface area contributed by atoms with E-state index in [2.05, 4.69) is 51.8 Å². The molecule has 0 radical (unpaired) electrons. The van der Waals surface area contributed by atoms with Crippen molar-refractivity contribution in [3.8, 4) is 0 Å². The molecule has 0 saturated carbocycles. The van der Waals surface area contributed by atoms with Crippen LogP contribution in [-0.4, -0.2) is 24.3 Å². The standard InChI is InChI=1S/C6H3BrClN3.C4H3BrClN3/c7-5-6-9-1-2-11(6)4(8)3-10-5;5-3-4(7)9-2(6)1-8-3/h1-3H;1H,(H2,7,9). The second-order valence-electron chi connectivity index (χ2n) is 3.36. The molecule has 0 aliphatic rings. The molecule has 10 heteroatoms. The predicted octanol–water partition coefficient (Wildman–Crippen LogP) is 3.62. The fourth-order valence-electron chi connectivity index (χ4n) is 1.22. The van der Waals surface area contributed by atoms with Gasteiger partial charge in [0, 0.05) is 12.4 Å². The van der Waals surface area contributed by atoms with Crippen LogP contribution in [0.5, 0.6) is 0 Å². The Morgan fingerprint density at radius 2 is 1.75 bits per heavy atom. The molecule has 3 heterocycles. The topological polar surface area (TPSA) is 82.0 Å². The number of halogens is 4. The summed E-state index contributed by atoms with van der Waals surface area (Å²) >= 11 is 17.6. The molecule has 3 aromatic rings. The van der Waals surface area contributed by atoms with Crippen LogP contribution in [0.2, 0.25) is 10.3 Å². The maximum absolute atomic E-state index is 5.81. The molecule has 0 aliphatic carbocycles. The Morgan fingerprint density at radius 1 is 1.05 bits per heavy atom. The van der Waals surface area contributed by atoms with Gasteiger partial charge in [0.15, 0.2) is 11.5 Å². The van der Waals surface area contributed by atoms with Gasteiger partial charge in [0.25, 0.3) is 0 Å². The van der Waals surface area contributed by atoms with Gasteiger partial charge < -0.3 is 5.73 Å². The number of nitrogens with two attached hydrogens (primary N) is 1. The number of fused-ring (bicyclic) bond motifs is 1. The third-order valence-corrected chi connectivity index (χ3v) is 3.70. The maximum Gasteiger partial charge on any atom is 0.171 e. The summed E-state index contributed by atoms with van der Waals surface area (Å²) in [6, 6.07) is 0. The monoisotopic (exact) mass is 438 g/mol. The molecule has 0 aliphatic heterocycles. The van der Waals surface area contributed by atoms with Gasteiger partial charge in [-0.1, -0.05) is 23.2 Å². The molecule has 0 amide bonds. The highest BCUT2D eigenvalue weighted by Gasteiger charge is 2.02. The van der Waals surface area contributed by atoms with Crippen molar-refractivity contribution in [2.75, 3.05) is 5.73 Å². The SMILES string of the molecule is Clc1cnc(Br)c2nccn12.Nc1nc(Cl)cnc1Br. The van der Waals surface area contributed by atoms with Crippen molar-refractivity contribution in [3.05, 3.63) is 44.3 Å². The van der Waals surface area contributed by atoms with Crippen LogP contribution in [0.25, 0.3) is 5.65 Å². The molecule has 0 unspecified atom stereocenters. The van der Waals surface area contributed by atoms with Crippen LogP contribution in [0.3, 0.4) is 0 Å². The average Bonchev–Trinajstić information content (AvgIpc) is 2.90. The second kappa shape index (κ2) is 6.66. The largest absolute Gasteiger partial charge is 0.381 e. The Balaban J connectivity index is 0.000000151. The van der Waals surface area contributed by atoms with Gasteiger partial charge in [0.05, 0.1) is 12.4 Å². The second-order valence-corrected chi connectivity index (χ2v) is 5.64. The van der Waals surface area contributed by atoms with Crippen LogP contribution in [0.4, 0.5) is 5.82 Å². The normalized spacial score (nSPS) is 10.2. The van der Waals surface area contributed by atoms with Gasteiger partial charge in [-0.25, -0.2) is 19.9 Å². The molecule has 3 rings (SSSR count). The van der Waals surface area contributed by atoms with E-state index in [1.807, 2.05) is 0 Å². The lowest BCUT2D eigenvalue weighted by Gasteiger charge is -1.96. The minimum absolute atomic E-state index is 0.302. The van der Waals surface area contributed by atoms with Crippen LogP contribution >= 0.6 is 55.1 Å². The number of nitrogen functional groups attached to an aromatic ring is 1. The van der Waals surface area contributed by atoms with E-state index >= 15 is 0 Å². The summed E-state index contributed by atoms with van der Waals surface area (Å²) in [6.07, 6.45) is 6.44. The number of aromatic nitrogens is 5. The Kier molecular flexibility index (Phi) is 5.14. The van der Waals surface area contributed by atoms with Crippen molar-refractivity contribution in [1.29, 1.82) is 0 Å². The Bertz CT molecular complexity index is 712. The van der Waals surface area contributed by atoms with E-state index < -0.39 is 0 Å². The fraction of sp³-hybridized carbons (Fsp3) is 0. The molecule has 0 spiro atoms. The van der Waals surface area contributed by atoms with E-state index in [1.54, 1.807) is 23.0 Å². The van der Waals surface area contributed by atoms with Crippen molar-refractivity contribution in [1.82, 2.24) is 24.3 Å². The minimum atomic E-state index is 0.302. The maximum atomic E-state index is 5.81. The lowest BCUT2D eigenvalue weighted by molar-refractivity contribution is 1.11. The summed E-state index contributed by atoms with van der Waals surface area (Å²) in [5.41, 5.74) is 6.05. The van der Waals surface area contributed by atoms with Crippen LogP contribution in [0.15, 0.2) is 34.0 Å². The number of rotatable bonds is 0. The molecule has 0 bridgehead atoms. The zero-order valence-electron chi connectivity index (χ0n) is 9.63. The first-order chi connectivity index (χ1) is 9.49. The molecule has 0 atom stereocenters. The summed E-state index contributed by atoms with van der Waals surface area (Å²) in [5, 5.41) is 0.858. The highest BCUT2D eigenvalue weighted by atomic mass is 79.9. The Morgan fingerprint density at radius 3 is 2.35 bits per heavy atom. The van der Waals surface area contributed by atoms with Crippen LogP contribution in [-0.2, 0) is 0 Å². The molecule has 0 aromatic carbocycles. The van der Waals surface area contributed by atoms with Crippen molar-refractivity contribution in [3.63, 3.8) is 0 Å². The highest BCUT2D eigenvalue weighted by molar-refractivity contribution is 9.10. The van der Waals surface area contributed by atoms with Gasteiger partial charge in [-0.15, -0.1) is 0 Å². The van der Waals surface area contributed by atoms with Gasteiger partial charge in [0.2, 0.25) is 0 Å². The number of hydrogen-bond acceptors (Lipinski definition) is 5. The van der Waals surface area contributed by atoms with Gasteiger partial charge in [-0.3, -0.25) is 4.40 Å². The average molecular weight is 441 g/mol. The molecule has 6 nitrogen and oxygen atoms in total. The Labute approximate surface area is 140 Å². The minimum Gasteiger partial charge on any atom is -0.381 e. The van der Waals surface area contributed by atoms with Crippen molar-refractivity contribution in [2.45, 2.75) is 0 Å². The van der Waals surface area contributed by atoms with E-state index in [-0.39, 0.29) is 0 Å².